The molecule has 0 radical (unpaired) electrons. The van der Waals surface area contributed by atoms with Crippen LogP contribution < -0.4 is 10.6 Å². The zero-order valence-corrected chi connectivity index (χ0v) is 11.1. The summed E-state index contributed by atoms with van der Waals surface area (Å²) in [6, 6.07) is 1.19. The summed E-state index contributed by atoms with van der Waals surface area (Å²) in [5, 5.41) is 15.7. The molecule has 110 valence electrons. The van der Waals surface area contributed by atoms with Crippen LogP contribution in [0.1, 0.15) is 13.8 Å². The number of nitro benzene ring substituents is 1. The Morgan fingerprint density at radius 2 is 2.05 bits per heavy atom. The topological polar surface area (TPSA) is 84.3 Å². The first-order valence-electron chi connectivity index (χ1n) is 5.95. The van der Waals surface area contributed by atoms with Crippen molar-refractivity contribution in [3.05, 3.63) is 33.9 Å². The summed E-state index contributed by atoms with van der Waals surface area (Å²) in [6.45, 7) is 3.94. The van der Waals surface area contributed by atoms with Crippen LogP contribution in [0, 0.1) is 27.7 Å². The third kappa shape index (κ3) is 4.45. The zero-order valence-electron chi connectivity index (χ0n) is 11.1. The lowest BCUT2D eigenvalue weighted by Crippen LogP contribution is -2.32. The fraction of sp³-hybridized carbons (Fsp3) is 0.417. The maximum atomic E-state index is 13.3. The van der Waals surface area contributed by atoms with Gasteiger partial charge in [0, 0.05) is 18.7 Å². The van der Waals surface area contributed by atoms with Crippen LogP contribution in [0.15, 0.2) is 12.1 Å². The molecule has 0 spiro atoms. The van der Waals surface area contributed by atoms with Gasteiger partial charge in [-0.25, -0.2) is 4.39 Å². The van der Waals surface area contributed by atoms with Gasteiger partial charge in [0.2, 0.25) is 11.7 Å². The second-order valence-corrected chi connectivity index (χ2v) is 4.59. The molecule has 1 aromatic carbocycles. The number of nitrogens with one attached hydrogen (secondary N) is 2. The fourth-order valence-electron chi connectivity index (χ4n) is 1.44. The molecular weight excluding hydrogens is 272 g/mol. The Kier molecular flexibility index (Phi) is 5.36. The molecule has 6 nitrogen and oxygen atoms in total. The van der Waals surface area contributed by atoms with Gasteiger partial charge in [0.25, 0.3) is 0 Å². The quantitative estimate of drug-likeness (QED) is 0.619. The molecule has 0 bridgehead atoms. The van der Waals surface area contributed by atoms with E-state index in [4.69, 9.17) is 0 Å². The highest BCUT2D eigenvalue weighted by Crippen LogP contribution is 2.28. The first kappa shape index (κ1) is 15.8. The first-order valence-corrected chi connectivity index (χ1v) is 5.95. The van der Waals surface area contributed by atoms with Crippen molar-refractivity contribution >= 4 is 17.3 Å². The Bertz CT molecular complexity index is 521. The van der Waals surface area contributed by atoms with Crippen molar-refractivity contribution in [2.45, 2.75) is 13.8 Å². The summed E-state index contributed by atoms with van der Waals surface area (Å²) in [5.41, 5.74) is -1.25. The molecule has 0 aliphatic heterocycles. The van der Waals surface area contributed by atoms with Gasteiger partial charge >= 0.3 is 5.69 Å². The highest BCUT2D eigenvalue weighted by molar-refractivity contribution is 5.81. The van der Waals surface area contributed by atoms with Crippen molar-refractivity contribution in [1.82, 2.24) is 5.32 Å². The third-order valence-corrected chi connectivity index (χ3v) is 2.36. The Hall–Kier alpha value is -2.25. The molecule has 0 heterocycles. The van der Waals surface area contributed by atoms with Gasteiger partial charge in [0.15, 0.2) is 0 Å². The van der Waals surface area contributed by atoms with Crippen molar-refractivity contribution < 1.29 is 18.5 Å². The van der Waals surface area contributed by atoms with Gasteiger partial charge in [0.05, 0.1) is 11.5 Å². The highest BCUT2D eigenvalue weighted by Gasteiger charge is 2.22. The number of nitrogens with zero attached hydrogens (tertiary/aromatic N) is 1. The van der Waals surface area contributed by atoms with Crippen LogP contribution in [0.3, 0.4) is 0 Å². The second-order valence-electron chi connectivity index (χ2n) is 4.59. The fourth-order valence-corrected chi connectivity index (χ4v) is 1.44. The van der Waals surface area contributed by atoms with E-state index in [2.05, 4.69) is 10.6 Å². The maximum absolute atomic E-state index is 13.3. The summed E-state index contributed by atoms with van der Waals surface area (Å²) in [7, 11) is 0. The van der Waals surface area contributed by atoms with Crippen molar-refractivity contribution in [3.8, 4) is 0 Å². The predicted octanol–water partition coefficient (Wildman–Crippen LogP) is 2.06. The highest BCUT2D eigenvalue weighted by atomic mass is 19.1. The lowest BCUT2D eigenvalue weighted by Gasteiger charge is -2.10. The molecule has 20 heavy (non-hydrogen) atoms. The number of carbonyl (C=O) groups excluding carboxylic acids is 1. The van der Waals surface area contributed by atoms with Crippen LogP contribution in [0.4, 0.5) is 20.2 Å². The SMILES string of the molecule is CC(C)CNC(=O)CNc1cc(F)cc(F)c1[N+](=O)[O-]. The summed E-state index contributed by atoms with van der Waals surface area (Å²) in [5.74, 6) is -2.42. The molecule has 0 aromatic heterocycles. The zero-order chi connectivity index (χ0) is 15.3. The molecular formula is C12H15F2N3O3. The molecule has 1 aromatic rings. The standard InChI is InChI=1S/C12H15F2N3O3/c1-7(2)5-16-11(18)6-15-10-4-8(13)3-9(14)12(10)17(19)20/h3-4,7,15H,5-6H2,1-2H3,(H,16,18). The molecule has 2 N–H and O–H groups in total. The molecule has 0 saturated carbocycles. The normalized spacial score (nSPS) is 10.4. The van der Waals surface area contributed by atoms with Crippen molar-refractivity contribution in [3.63, 3.8) is 0 Å². The number of halogens is 2. The Labute approximate surface area is 114 Å². The minimum Gasteiger partial charge on any atom is -0.370 e. The average molecular weight is 287 g/mol. The summed E-state index contributed by atoms with van der Waals surface area (Å²) in [4.78, 5) is 21.2. The first-order chi connectivity index (χ1) is 9.31. The summed E-state index contributed by atoms with van der Waals surface area (Å²) in [6.07, 6.45) is 0. The second kappa shape index (κ2) is 6.78. The van der Waals surface area contributed by atoms with Crippen molar-refractivity contribution in [2.24, 2.45) is 5.92 Å². The van der Waals surface area contributed by atoms with Gasteiger partial charge < -0.3 is 10.6 Å². The van der Waals surface area contributed by atoms with Gasteiger partial charge in [-0.1, -0.05) is 13.8 Å². The smallest absolute Gasteiger partial charge is 0.327 e. The van der Waals surface area contributed by atoms with Gasteiger partial charge in [-0.15, -0.1) is 0 Å². The Morgan fingerprint density at radius 1 is 1.40 bits per heavy atom. The number of anilines is 1. The molecule has 0 fully saturated rings. The van der Waals surface area contributed by atoms with Crippen LogP contribution in [-0.4, -0.2) is 23.9 Å². The van der Waals surface area contributed by atoms with Crippen LogP contribution in [0.2, 0.25) is 0 Å². The number of rotatable bonds is 6. The molecule has 0 unspecified atom stereocenters. The molecule has 8 heteroatoms. The molecule has 0 aliphatic rings. The monoisotopic (exact) mass is 287 g/mol. The lowest BCUT2D eigenvalue weighted by molar-refractivity contribution is -0.386. The number of benzene rings is 1. The maximum Gasteiger partial charge on any atom is 0.327 e. The van der Waals surface area contributed by atoms with E-state index in [0.717, 1.165) is 6.07 Å². The van der Waals surface area contributed by atoms with Gasteiger partial charge in [-0.2, -0.15) is 4.39 Å². The van der Waals surface area contributed by atoms with E-state index in [1.165, 1.54) is 0 Å². The van der Waals surface area contributed by atoms with Crippen LogP contribution in [0.25, 0.3) is 0 Å². The van der Waals surface area contributed by atoms with Gasteiger partial charge in [0.1, 0.15) is 11.5 Å². The molecule has 1 amide bonds. The van der Waals surface area contributed by atoms with E-state index in [9.17, 15) is 23.7 Å². The van der Waals surface area contributed by atoms with Crippen molar-refractivity contribution in [1.29, 1.82) is 0 Å². The number of hydrogen-bond acceptors (Lipinski definition) is 4. The van der Waals surface area contributed by atoms with E-state index in [1.807, 2.05) is 13.8 Å². The minimum absolute atomic E-state index is 0.250. The number of nitro groups is 1. The predicted molar refractivity (Wildman–Crippen MR) is 69.3 cm³/mol. The number of hydrogen-bond donors (Lipinski definition) is 2. The Morgan fingerprint density at radius 3 is 2.60 bits per heavy atom. The van der Waals surface area contributed by atoms with E-state index < -0.39 is 28.2 Å². The Balaban J connectivity index is 2.77. The molecule has 0 atom stereocenters. The summed E-state index contributed by atoms with van der Waals surface area (Å²) < 4.78 is 26.4. The van der Waals surface area contributed by atoms with Crippen LogP contribution >= 0.6 is 0 Å². The van der Waals surface area contributed by atoms with Crippen LogP contribution in [-0.2, 0) is 4.79 Å². The lowest BCUT2D eigenvalue weighted by atomic mass is 10.2. The molecule has 0 saturated heterocycles. The number of carbonyl (C=O) groups is 1. The van der Waals surface area contributed by atoms with Crippen LogP contribution in [0.5, 0.6) is 0 Å². The van der Waals surface area contributed by atoms with E-state index in [-0.39, 0.29) is 18.2 Å². The third-order valence-electron chi connectivity index (χ3n) is 2.36. The average Bonchev–Trinajstić information content (AvgIpc) is 2.32. The largest absolute Gasteiger partial charge is 0.370 e. The van der Waals surface area contributed by atoms with Gasteiger partial charge in [-0.05, 0) is 5.92 Å². The van der Waals surface area contributed by atoms with Crippen molar-refractivity contribution in [2.75, 3.05) is 18.4 Å². The van der Waals surface area contributed by atoms with E-state index >= 15 is 0 Å². The number of amides is 1. The molecule has 0 aliphatic carbocycles. The molecule has 1 rings (SSSR count). The van der Waals surface area contributed by atoms with E-state index in [1.54, 1.807) is 0 Å². The minimum atomic E-state index is -1.29. The van der Waals surface area contributed by atoms with E-state index in [0.29, 0.717) is 12.6 Å². The van der Waals surface area contributed by atoms with Gasteiger partial charge in [-0.3, -0.25) is 14.9 Å². The summed E-state index contributed by atoms with van der Waals surface area (Å²) >= 11 is 0.